The predicted molar refractivity (Wildman–Crippen MR) is 104 cm³/mol. The molecule has 0 spiro atoms. The molecular weight excluding hydrogens is 306 g/mol. The Bertz CT molecular complexity index is 742. The minimum atomic E-state index is 0.705. The second kappa shape index (κ2) is 9.45. The molecule has 2 heteroatoms. The van der Waals surface area contributed by atoms with Crippen LogP contribution in [-0.2, 0) is 13.1 Å². The van der Waals surface area contributed by atoms with E-state index in [-0.39, 0.29) is 0 Å². The first-order valence-corrected chi connectivity index (χ1v) is 8.59. The summed E-state index contributed by atoms with van der Waals surface area (Å²) in [6.45, 7) is 2.56. The van der Waals surface area contributed by atoms with Crippen LogP contribution in [0.25, 0.3) is 6.08 Å². The average molecular weight is 329 g/mol. The first-order chi connectivity index (χ1) is 12.4. The maximum atomic E-state index is 5.34. The number of rotatable bonds is 4. The molecule has 0 radical (unpaired) electrons. The molecule has 0 saturated heterocycles. The highest BCUT2D eigenvalue weighted by Gasteiger charge is 2.01. The van der Waals surface area contributed by atoms with E-state index >= 15 is 0 Å². The lowest BCUT2D eigenvalue weighted by molar-refractivity contribution is 0.358. The Morgan fingerprint density at radius 1 is 0.680 bits per heavy atom. The van der Waals surface area contributed by atoms with Crippen molar-refractivity contribution in [2.24, 2.45) is 0 Å². The summed E-state index contributed by atoms with van der Waals surface area (Å²) in [7, 11) is 0. The number of ether oxygens (including phenoxy) is 1. The molecule has 0 fully saturated rings. The molecule has 126 valence electrons. The maximum Gasteiger partial charge on any atom is 0.126 e. The Kier molecular flexibility index (Phi) is 6.43. The first-order valence-electron chi connectivity index (χ1n) is 8.59. The quantitative estimate of drug-likeness (QED) is 0.721. The number of hydrogen-bond donors (Lipinski definition) is 1. The van der Waals surface area contributed by atoms with Gasteiger partial charge in [-0.1, -0.05) is 84.9 Å². The molecule has 1 N–H and O–H groups in total. The predicted octanol–water partition coefficient (Wildman–Crippen LogP) is 5.07. The summed E-state index contributed by atoms with van der Waals surface area (Å²) in [6, 6.07) is 28.9. The van der Waals surface area contributed by atoms with Gasteiger partial charge in [-0.15, -0.1) is 0 Å². The van der Waals surface area contributed by atoms with Crippen LogP contribution in [0.3, 0.4) is 0 Å². The van der Waals surface area contributed by atoms with Crippen LogP contribution in [0.5, 0.6) is 5.75 Å². The van der Waals surface area contributed by atoms with Crippen LogP contribution in [0.4, 0.5) is 0 Å². The van der Waals surface area contributed by atoms with Crippen LogP contribution in [-0.4, -0.2) is 6.61 Å². The van der Waals surface area contributed by atoms with E-state index in [0.717, 1.165) is 18.8 Å². The van der Waals surface area contributed by atoms with E-state index < -0.39 is 0 Å². The fraction of sp³-hybridized carbons (Fsp3) is 0.130. The van der Waals surface area contributed by atoms with Crippen LogP contribution in [0.2, 0.25) is 0 Å². The smallest absolute Gasteiger partial charge is 0.126 e. The summed E-state index contributed by atoms with van der Waals surface area (Å²) in [6.07, 6.45) is 4.10. The van der Waals surface area contributed by atoms with E-state index in [1.54, 1.807) is 0 Å². The Balaban J connectivity index is 0.000000157. The normalized spacial score (nSPS) is 11.7. The third kappa shape index (κ3) is 5.63. The molecule has 0 atom stereocenters. The topological polar surface area (TPSA) is 21.3 Å². The molecule has 0 amide bonds. The molecule has 0 unspecified atom stereocenters. The van der Waals surface area contributed by atoms with Crippen molar-refractivity contribution >= 4 is 6.08 Å². The summed E-state index contributed by atoms with van der Waals surface area (Å²) in [5.41, 5.74) is 3.83. The van der Waals surface area contributed by atoms with Crippen molar-refractivity contribution in [3.8, 4) is 5.75 Å². The summed E-state index contributed by atoms with van der Waals surface area (Å²) >= 11 is 0. The molecule has 0 saturated carbocycles. The van der Waals surface area contributed by atoms with Crippen LogP contribution >= 0.6 is 0 Å². The van der Waals surface area contributed by atoms with E-state index in [2.05, 4.69) is 59.9 Å². The van der Waals surface area contributed by atoms with Crippen molar-refractivity contribution in [2.45, 2.75) is 13.1 Å². The molecule has 0 aliphatic carbocycles. The lowest BCUT2D eigenvalue weighted by Crippen LogP contribution is -2.12. The van der Waals surface area contributed by atoms with E-state index in [1.165, 1.54) is 16.7 Å². The van der Waals surface area contributed by atoms with Gasteiger partial charge in [0.1, 0.15) is 12.4 Å². The molecule has 1 aliphatic rings. The van der Waals surface area contributed by atoms with Crippen LogP contribution in [0.15, 0.2) is 91.0 Å². The molecule has 2 nitrogen and oxygen atoms in total. The van der Waals surface area contributed by atoms with Gasteiger partial charge < -0.3 is 10.1 Å². The fourth-order valence-corrected chi connectivity index (χ4v) is 2.61. The number of benzene rings is 3. The highest BCUT2D eigenvalue weighted by atomic mass is 16.5. The Morgan fingerprint density at radius 3 is 1.84 bits per heavy atom. The van der Waals surface area contributed by atoms with Crippen LogP contribution in [0.1, 0.15) is 16.7 Å². The minimum Gasteiger partial charge on any atom is -0.489 e. The van der Waals surface area contributed by atoms with Crippen molar-refractivity contribution in [3.05, 3.63) is 108 Å². The number of nitrogens with one attached hydrogen (secondary N) is 1. The van der Waals surface area contributed by atoms with Gasteiger partial charge in [-0.25, -0.2) is 0 Å². The van der Waals surface area contributed by atoms with Crippen LogP contribution in [0, 0.1) is 0 Å². The summed E-state index contributed by atoms with van der Waals surface area (Å²) in [5.74, 6) is 0.991. The number of hydrogen-bond acceptors (Lipinski definition) is 2. The molecule has 25 heavy (non-hydrogen) atoms. The second-order valence-corrected chi connectivity index (χ2v) is 5.83. The molecule has 3 aromatic rings. The number of fused-ring (bicyclic) bond motifs is 1. The van der Waals surface area contributed by atoms with Crippen molar-refractivity contribution in [2.75, 3.05) is 6.61 Å². The zero-order valence-corrected chi connectivity index (χ0v) is 14.3. The van der Waals surface area contributed by atoms with E-state index in [0.29, 0.717) is 6.61 Å². The van der Waals surface area contributed by atoms with Crippen molar-refractivity contribution in [1.82, 2.24) is 5.32 Å². The summed E-state index contributed by atoms with van der Waals surface area (Å²) in [4.78, 5) is 0. The molecule has 1 heterocycles. The maximum absolute atomic E-state index is 5.34. The highest BCUT2D eigenvalue weighted by Crippen LogP contribution is 2.21. The fourth-order valence-electron chi connectivity index (χ4n) is 2.61. The van der Waals surface area contributed by atoms with Gasteiger partial charge in [-0.2, -0.15) is 0 Å². The van der Waals surface area contributed by atoms with Crippen molar-refractivity contribution < 1.29 is 4.74 Å². The minimum absolute atomic E-state index is 0.705. The molecule has 3 aromatic carbocycles. The Hall–Kier alpha value is -2.84. The van der Waals surface area contributed by atoms with Gasteiger partial charge in [0.2, 0.25) is 0 Å². The van der Waals surface area contributed by atoms with Crippen molar-refractivity contribution in [3.63, 3.8) is 0 Å². The van der Waals surface area contributed by atoms with Gasteiger partial charge in [-0.3, -0.25) is 0 Å². The molecule has 0 aromatic heterocycles. The molecule has 4 rings (SSSR count). The summed E-state index contributed by atoms with van der Waals surface area (Å²) < 4.78 is 5.34. The van der Waals surface area contributed by atoms with Gasteiger partial charge in [0, 0.05) is 18.7 Å². The molecule has 0 bridgehead atoms. The molecular formula is C23H23NO. The van der Waals surface area contributed by atoms with Gasteiger partial charge in [0.15, 0.2) is 0 Å². The zero-order valence-electron chi connectivity index (χ0n) is 14.3. The zero-order chi connectivity index (χ0) is 17.2. The largest absolute Gasteiger partial charge is 0.489 e. The van der Waals surface area contributed by atoms with Crippen LogP contribution < -0.4 is 10.1 Å². The SMILES string of the molecule is C1=Cc2ccccc2OC1.c1ccc(CNCc2ccccc2)cc1. The van der Waals surface area contributed by atoms with E-state index in [4.69, 9.17) is 4.74 Å². The Labute approximate surface area is 149 Å². The monoisotopic (exact) mass is 329 g/mol. The number of para-hydroxylation sites is 1. The highest BCUT2D eigenvalue weighted by molar-refractivity contribution is 5.58. The summed E-state index contributed by atoms with van der Waals surface area (Å²) in [5, 5.41) is 3.42. The van der Waals surface area contributed by atoms with E-state index in [1.807, 2.05) is 42.5 Å². The third-order valence-corrected chi connectivity index (χ3v) is 3.90. The average Bonchev–Trinajstić information content (AvgIpc) is 2.70. The second-order valence-electron chi connectivity index (χ2n) is 5.83. The standard InChI is InChI=1S/C14H15N.C9H8O/c1-3-7-13(8-4-1)11-15-12-14-9-5-2-6-10-14;1-2-6-9-8(4-1)5-3-7-10-9/h1-10,15H,11-12H2;1-6H,7H2. The van der Waals surface area contributed by atoms with Gasteiger partial charge in [0.25, 0.3) is 0 Å². The van der Waals surface area contributed by atoms with E-state index in [9.17, 15) is 0 Å². The Morgan fingerprint density at radius 2 is 1.24 bits per heavy atom. The lowest BCUT2D eigenvalue weighted by Gasteiger charge is -2.10. The molecule has 1 aliphatic heterocycles. The lowest BCUT2D eigenvalue weighted by atomic mass is 10.1. The van der Waals surface area contributed by atoms with Gasteiger partial charge in [-0.05, 0) is 23.3 Å². The first kappa shape index (κ1) is 17.0. The van der Waals surface area contributed by atoms with Crippen molar-refractivity contribution in [1.29, 1.82) is 0 Å². The third-order valence-electron chi connectivity index (χ3n) is 3.90. The van der Waals surface area contributed by atoms with Gasteiger partial charge >= 0.3 is 0 Å². The van der Waals surface area contributed by atoms with Gasteiger partial charge in [0.05, 0.1) is 0 Å².